The molecule has 0 N–H and O–H groups in total. The van der Waals surface area contributed by atoms with Crippen LogP contribution in [0.25, 0.3) is 10.2 Å². The molecule has 0 atom stereocenters. The zero-order valence-corrected chi connectivity index (χ0v) is 20.9. The molecule has 2 aromatic carbocycles. The highest BCUT2D eigenvalue weighted by atomic mass is 32.2. The van der Waals surface area contributed by atoms with Gasteiger partial charge in [-0.15, -0.1) is 0 Å². The van der Waals surface area contributed by atoms with Gasteiger partial charge in [-0.25, -0.2) is 4.98 Å². The summed E-state index contributed by atoms with van der Waals surface area (Å²) in [5.41, 5.74) is 3.07. The van der Waals surface area contributed by atoms with E-state index in [1.54, 1.807) is 4.90 Å². The molecular formula is C24H22N4O2S3. The summed E-state index contributed by atoms with van der Waals surface area (Å²) < 4.78 is 7.80. The van der Waals surface area contributed by atoms with Crippen LogP contribution in [-0.2, 0) is 4.79 Å². The van der Waals surface area contributed by atoms with E-state index in [9.17, 15) is 4.79 Å². The second-order valence-electron chi connectivity index (χ2n) is 7.48. The van der Waals surface area contributed by atoms with Gasteiger partial charge in [-0.3, -0.25) is 9.69 Å². The van der Waals surface area contributed by atoms with Crippen LogP contribution in [-0.4, -0.2) is 40.2 Å². The predicted molar refractivity (Wildman–Crippen MR) is 141 cm³/mol. The number of thioether (sulfide) groups is 1. The molecule has 0 unspecified atom stereocenters. The highest BCUT2D eigenvalue weighted by molar-refractivity contribution is 8.26. The van der Waals surface area contributed by atoms with Crippen LogP contribution in [0.1, 0.15) is 13.8 Å². The Bertz CT molecular complexity index is 1300. The minimum Gasteiger partial charge on any atom is -0.431 e. The summed E-state index contributed by atoms with van der Waals surface area (Å²) >= 11 is 8.21. The molecule has 0 radical (unpaired) electrons. The fourth-order valence-electron chi connectivity index (χ4n) is 3.96. The van der Waals surface area contributed by atoms with E-state index in [0.717, 1.165) is 39.7 Å². The molecule has 1 amide bonds. The first kappa shape index (κ1) is 21.9. The molecule has 5 rings (SSSR count). The molecule has 3 heterocycles. The molecule has 1 aromatic heterocycles. The number of carbonyl (C=O) groups excluding carboxylic acids is 1. The minimum atomic E-state index is -0.0305. The number of benzene rings is 2. The number of rotatable bonds is 5. The van der Waals surface area contributed by atoms with Gasteiger partial charge in [-0.2, -0.15) is 0 Å². The van der Waals surface area contributed by atoms with Crippen LogP contribution in [0, 0.1) is 0 Å². The second-order valence-corrected chi connectivity index (χ2v) is 10.1. The van der Waals surface area contributed by atoms with Gasteiger partial charge >= 0.3 is 0 Å². The van der Waals surface area contributed by atoms with Crippen molar-refractivity contribution in [1.29, 1.82) is 0 Å². The maximum absolute atomic E-state index is 12.6. The van der Waals surface area contributed by atoms with Crippen molar-refractivity contribution < 1.29 is 9.53 Å². The number of aromatic nitrogens is 1. The van der Waals surface area contributed by atoms with Crippen LogP contribution in [0.3, 0.4) is 0 Å². The smallest absolute Gasteiger partial charge is 0.279 e. The van der Waals surface area contributed by atoms with Crippen LogP contribution in [0.5, 0.6) is 10.9 Å². The number of para-hydroxylation sites is 1. The number of hydrogen-bond donors (Lipinski definition) is 0. The number of allylic oxidation sites excluding steroid dienone is 2. The number of nitrogens with zero attached hydrogens (tertiary/aromatic N) is 4. The van der Waals surface area contributed by atoms with Crippen LogP contribution in [0.4, 0.5) is 11.4 Å². The molecule has 2 aliphatic rings. The average molecular weight is 495 g/mol. The number of thiazole rings is 1. The summed E-state index contributed by atoms with van der Waals surface area (Å²) in [6.07, 6.45) is 3.85. The van der Waals surface area contributed by atoms with E-state index in [1.807, 2.05) is 62.5 Å². The number of anilines is 2. The Morgan fingerprint density at radius 1 is 1.06 bits per heavy atom. The van der Waals surface area contributed by atoms with E-state index < -0.39 is 0 Å². The van der Waals surface area contributed by atoms with Crippen molar-refractivity contribution in [3.8, 4) is 10.9 Å². The summed E-state index contributed by atoms with van der Waals surface area (Å²) in [4.78, 5) is 23.7. The quantitative estimate of drug-likeness (QED) is 0.320. The number of carbonyl (C=O) groups is 1. The van der Waals surface area contributed by atoms with Gasteiger partial charge < -0.3 is 14.5 Å². The van der Waals surface area contributed by atoms with Crippen molar-refractivity contribution in [2.75, 3.05) is 29.9 Å². The van der Waals surface area contributed by atoms with Crippen molar-refractivity contribution >= 4 is 67.1 Å². The molecule has 2 aliphatic heterocycles. The third kappa shape index (κ3) is 3.90. The largest absolute Gasteiger partial charge is 0.431 e. The number of amides is 1. The van der Waals surface area contributed by atoms with Gasteiger partial charge in [-0.05, 0) is 50.3 Å². The maximum atomic E-state index is 12.6. The van der Waals surface area contributed by atoms with E-state index in [4.69, 9.17) is 17.0 Å². The minimum absolute atomic E-state index is 0.0305. The third-order valence-electron chi connectivity index (χ3n) is 5.59. The number of thiocarbonyl (C=S) groups is 1. The lowest BCUT2D eigenvalue weighted by atomic mass is 10.2. The molecule has 33 heavy (non-hydrogen) atoms. The van der Waals surface area contributed by atoms with Crippen molar-refractivity contribution in [2.45, 2.75) is 13.8 Å². The zero-order chi connectivity index (χ0) is 23.1. The number of fused-ring (bicyclic) bond motifs is 2. The number of ether oxygens (including phenoxy) is 1. The van der Waals surface area contributed by atoms with E-state index in [0.29, 0.717) is 21.0 Å². The lowest BCUT2D eigenvalue weighted by Crippen LogP contribution is -2.27. The first-order valence-electron chi connectivity index (χ1n) is 10.6. The van der Waals surface area contributed by atoms with Crippen LogP contribution >= 0.6 is 35.3 Å². The lowest BCUT2D eigenvalue weighted by molar-refractivity contribution is -0.122. The Balaban J connectivity index is 1.42. The normalized spacial score (nSPS) is 18.3. The fraction of sp³-hybridized carbons (Fsp3) is 0.208. The molecule has 0 saturated carbocycles. The van der Waals surface area contributed by atoms with Crippen LogP contribution in [0.2, 0.25) is 0 Å². The molecule has 9 heteroatoms. The van der Waals surface area contributed by atoms with Gasteiger partial charge in [0.2, 0.25) is 0 Å². The topological polar surface area (TPSA) is 48.9 Å². The molecule has 1 fully saturated rings. The Hall–Kier alpha value is -2.88. The summed E-state index contributed by atoms with van der Waals surface area (Å²) in [6, 6.07) is 14.1. The molecule has 1 saturated heterocycles. The SMILES string of the molecule is CCN1C(=O)/C(=C/C=C2\N(C)c3cc(Oc4nc5ccccc5s4)ccc3N2CC)SC1=S. The van der Waals surface area contributed by atoms with E-state index in [-0.39, 0.29) is 5.91 Å². The third-order valence-corrected chi connectivity index (χ3v) is 7.90. The molecule has 3 aromatic rings. The molecule has 6 nitrogen and oxygen atoms in total. The van der Waals surface area contributed by atoms with Crippen molar-refractivity contribution in [3.05, 3.63) is 65.3 Å². The monoisotopic (exact) mass is 494 g/mol. The van der Waals surface area contributed by atoms with Gasteiger partial charge in [-0.1, -0.05) is 47.4 Å². The van der Waals surface area contributed by atoms with Gasteiger partial charge in [0, 0.05) is 26.2 Å². The van der Waals surface area contributed by atoms with Crippen molar-refractivity contribution in [1.82, 2.24) is 9.88 Å². The summed E-state index contributed by atoms with van der Waals surface area (Å²) in [6.45, 7) is 5.42. The lowest BCUT2D eigenvalue weighted by Gasteiger charge is -2.20. The Morgan fingerprint density at radius 2 is 1.85 bits per heavy atom. The fourth-order valence-corrected chi connectivity index (χ4v) is 6.12. The average Bonchev–Trinajstić information content (AvgIpc) is 3.43. The first-order valence-corrected chi connectivity index (χ1v) is 12.7. The molecular weight excluding hydrogens is 472 g/mol. The van der Waals surface area contributed by atoms with Gasteiger partial charge in [0.25, 0.3) is 11.1 Å². The second kappa shape index (κ2) is 8.81. The zero-order valence-electron chi connectivity index (χ0n) is 18.4. The number of likely N-dealkylation sites (N-methyl/N-ethyl adjacent to an activating group) is 1. The standard InChI is InChI=1S/C24H22N4O2S3/c1-4-27-17-11-10-15(30-23-25-16-8-6-7-9-19(16)32-23)14-18(17)26(3)21(27)13-12-20-22(29)28(5-2)24(31)33-20/h6-14H,4-5H2,1-3H3/b20-12-,21-13+. The van der Waals surface area contributed by atoms with E-state index >= 15 is 0 Å². The van der Waals surface area contributed by atoms with Crippen LogP contribution in [0.15, 0.2) is 65.3 Å². The highest BCUT2D eigenvalue weighted by Crippen LogP contribution is 2.44. The van der Waals surface area contributed by atoms with Crippen molar-refractivity contribution in [2.24, 2.45) is 0 Å². The van der Waals surface area contributed by atoms with E-state index in [2.05, 4.69) is 27.8 Å². The summed E-state index contributed by atoms with van der Waals surface area (Å²) in [7, 11) is 2.02. The Morgan fingerprint density at radius 3 is 2.58 bits per heavy atom. The molecule has 0 spiro atoms. The maximum Gasteiger partial charge on any atom is 0.279 e. The Kier molecular flexibility index (Phi) is 5.86. The highest BCUT2D eigenvalue weighted by Gasteiger charge is 2.31. The molecule has 168 valence electrons. The van der Waals surface area contributed by atoms with E-state index in [1.165, 1.54) is 23.1 Å². The van der Waals surface area contributed by atoms with Gasteiger partial charge in [0.1, 0.15) is 15.9 Å². The molecule has 0 aliphatic carbocycles. The first-order chi connectivity index (χ1) is 16.0. The van der Waals surface area contributed by atoms with Crippen LogP contribution < -0.4 is 14.5 Å². The van der Waals surface area contributed by atoms with Gasteiger partial charge in [0.15, 0.2) is 0 Å². The van der Waals surface area contributed by atoms with Crippen molar-refractivity contribution in [3.63, 3.8) is 0 Å². The number of hydrogen-bond acceptors (Lipinski definition) is 8. The van der Waals surface area contributed by atoms with Gasteiger partial charge in [0.05, 0.1) is 26.5 Å². The Labute approximate surface area is 206 Å². The predicted octanol–water partition coefficient (Wildman–Crippen LogP) is 5.97. The summed E-state index contributed by atoms with van der Waals surface area (Å²) in [5.74, 6) is 1.70. The summed E-state index contributed by atoms with van der Waals surface area (Å²) in [5, 5.41) is 0.623. The molecule has 0 bridgehead atoms.